The van der Waals surface area contributed by atoms with Gasteiger partial charge in [0.1, 0.15) is 0 Å². The zero-order chi connectivity index (χ0) is 27.3. The van der Waals surface area contributed by atoms with Crippen molar-refractivity contribution in [3.8, 4) is 22.3 Å². The van der Waals surface area contributed by atoms with Crippen molar-refractivity contribution >= 4 is 38.4 Å². The molecule has 0 saturated carbocycles. The molecule has 0 N–H and O–H groups in total. The minimum Gasteiger partial charge on any atom is -0.0622 e. The molecular formula is C41H30. The number of rotatable bonds is 4. The Hall–Kier alpha value is -4.94. The van der Waals surface area contributed by atoms with Crippen LogP contribution in [0.2, 0.25) is 0 Å². The van der Waals surface area contributed by atoms with Gasteiger partial charge in [0.05, 0.1) is 0 Å². The lowest BCUT2D eigenvalue weighted by Gasteiger charge is -2.19. The van der Waals surface area contributed by atoms with E-state index >= 15 is 0 Å². The van der Waals surface area contributed by atoms with Gasteiger partial charge < -0.3 is 0 Å². The molecule has 1 aliphatic carbocycles. The highest BCUT2D eigenvalue weighted by Gasteiger charge is 2.26. The number of hydrogen-bond acceptors (Lipinski definition) is 0. The Morgan fingerprint density at radius 1 is 0.488 bits per heavy atom. The number of allylic oxidation sites excluding steroid dienone is 1. The summed E-state index contributed by atoms with van der Waals surface area (Å²) in [5, 5.41) is 7.73. The highest BCUT2D eigenvalue weighted by molar-refractivity contribution is 6.21. The van der Waals surface area contributed by atoms with Crippen molar-refractivity contribution in [2.75, 3.05) is 0 Å². The quantitative estimate of drug-likeness (QED) is 0.202. The molecule has 0 bridgehead atoms. The first kappa shape index (κ1) is 23.9. The average molecular weight is 523 g/mol. The first-order valence-corrected chi connectivity index (χ1v) is 14.6. The topological polar surface area (TPSA) is 0 Å². The molecule has 0 nitrogen and oxygen atoms in total. The van der Waals surface area contributed by atoms with E-state index in [1.54, 1.807) is 0 Å². The molecule has 0 saturated heterocycles. The van der Waals surface area contributed by atoms with E-state index in [0.29, 0.717) is 5.92 Å². The SMILES string of the molecule is CCC1=Cc2cc(-c3c4ccccc4c(-c4ccc5ccccc5c4)c4ccccc34)ccc2C1c1ccccc1. The van der Waals surface area contributed by atoms with Crippen LogP contribution in [-0.2, 0) is 0 Å². The summed E-state index contributed by atoms with van der Waals surface area (Å²) in [6.45, 7) is 2.28. The molecule has 0 amide bonds. The van der Waals surface area contributed by atoms with E-state index in [-0.39, 0.29) is 0 Å². The van der Waals surface area contributed by atoms with Crippen LogP contribution in [-0.4, -0.2) is 0 Å². The minimum absolute atomic E-state index is 0.342. The molecule has 7 aromatic carbocycles. The van der Waals surface area contributed by atoms with Crippen LogP contribution in [0.4, 0.5) is 0 Å². The van der Waals surface area contributed by atoms with Crippen LogP contribution in [0.5, 0.6) is 0 Å². The summed E-state index contributed by atoms with van der Waals surface area (Å²) in [7, 11) is 0. The molecule has 0 heterocycles. The maximum atomic E-state index is 2.43. The van der Waals surface area contributed by atoms with Gasteiger partial charge in [-0.1, -0.05) is 146 Å². The van der Waals surface area contributed by atoms with Crippen molar-refractivity contribution < 1.29 is 0 Å². The molecule has 0 spiro atoms. The third kappa shape index (κ3) is 3.83. The first-order valence-electron chi connectivity index (χ1n) is 14.6. The molecule has 0 fully saturated rings. The van der Waals surface area contributed by atoms with Gasteiger partial charge in [-0.25, -0.2) is 0 Å². The molecule has 0 aliphatic heterocycles. The van der Waals surface area contributed by atoms with Crippen LogP contribution >= 0.6 is 0 Å². The van der Waals surface area contributed by atoms with Crippen LogP contribution in [0.25, 0.3) is 60.6 Å². The maximum absolute atomic E-state index is 2.43. The molecule has 1 aliphatic rings. The zero-order valence-corrected chi connectivity index (χ0v) is 23.1. The predicted octanol–water partition coefficient (Wildman–Crippen LogP) is 11.4. The summed E-state index contributed by atoms with van der Waals surface area (Å²) in [6.07, 6.45) is 3.49. The second-order valence-corrected chi connectivity index (χ2v) is 11.2. The van der Waals surface area contributed by atoms with Gasteiger partial charge >= 0.3 is 0 Å². The molecule has 194 valence electrons. The fourth-order valence-electron chi connectivity index (χ4n) is 7.04. The van der Waals surface area contributed by atoms with Crippen molar-refractivity contribution in [2.45, 2.75) is 19.3 Å². The second kappa shape index (κ2) is 9.61. The molecule has 1 atom stereocenters. The molecule has 41 heavy (non-hydrogen) atoms. The smallest absolute Gasteiger partial charge is 0.0308 e. The van der Waals surface area contributed by atoms with Crippen molar-refractivity contribution in [3.63, 3.8) is 0 Å². The first-order chi connectivity index (χ1) is 20.3. The minimum atomic E-state index is 0.342. The summed E-state index contributed by atoms with van der Waals surface area (Å²) < 4.78 is 0. The Kier molecular flexibility index (Phi) is 5.60. The monoisotopic (exact) mass is 522 g/mol. The average Bonchev–Trinajstić information content (AvgIpc) is 3.41. The van der Waals surface area contributed by atoms with Gasteiger partial charge in [-0.3, -0.25) is 0 Å². The summed E-state index contributed by atoms with van der Waals surface area (Å²) in [6, 6.07) is 51.5. The van der Waals surface area contributed by atoms with Gasteiger partial charge in [0.2, 0.25) is 0 Å². The molecule has 0 radical (unpaired) electrons. The summed E-state index contributed by atoms with van der Waals surface area (Å²) in [5.74, 6) is 0.342. The standard InChI is InChI=1S/C41H30/c1-2-27-24-33-26-32(22-23-34(33)39(27)29-13-4-3-5-14-29)41-37-18-10-8-16-35(37)40(36-17-9-11-19-38(36)41)31-21-20-28-12-6-7-15-30(28)25-31/h3-26,39H,2H2,1H3. The Morgan fingerprint density at radius 2 is 1.02 bits per heavy atom. The molecule has 8 rings (SSSR count). The second-order valence-electron chi connectivity index (χ2n) is 11.2. The molecule has 0 heteroatoms. The van der Waals surface area contributed by atoms with Gasteiger partial charge in [0.15, 0.2) is 0 Å². The van der Waals surface area contributed by atoms with Crippen molar-refractivity contribution in [1.82, 2.24) is 0 Å². The molecule has 1 unspecified atom stereocenters. The van der Waals surface area contributed by atoms with Crippen LogP contribution < -0.4 is 0 Å². The van der Waals surface area contributed by atoms with Crippen LogP contribution in [0.3, 0.4) is 0 Å². The highest BCUT2D eigenvalue weighted by Crippen LogP contribution is 2.47. The molecule has 7 aromatic rings. The number of hydrogen-bond donors (Lipinski definition) is 0. The zero-order valence-electron chi connectivity index (χ0n) is 23.1. The van der Waals surface area contributed by atoms with E-state index in [2.05, 4.69) is 153 Å². The van der Waals surface area contributed by atoms with Crippen molar-refractivity contribution in [3.05, 3.63) is 162 Å². The van der Waals surface area contributed by atoms with Crippen molar-refractivity contribution in [1.29, 1.82) is 0 Å². The largest absolute Gasteiger partial charge is 0.0622 e. The van der Waals surface area contributed by atoms with Gasteiger partial charge in [0.25, 0.3) is 0 Å². The summed E-state index contributed by atoms with van der Waals surface area (Å²) in [5.41, 5.74) is 10.8. The lowest BCUT2D eigenvalue weighted by Crippen LogP contribution is -2.01. The Balaban J connectivity index is 1.38. The van der Waals surface area contributed by atoms with E-state index in [4.69, 9.17) is 0 Å². The van der Waals surface area contributed by atoms with E-state index in [9.17, 15) is 0 Å². The molecule has 0 aromatic heterocycles. The Bertz CT molecular complexity index is 2070. The van der Waals surface area contributed by atoms with Crippen LogP contribution in [0.1, 0.15) is 36.0 Å². The van der Waals surface area contributed by atoms with E-state index in [1.807, 2.05) is 0 Å². The number of benzene rings is 7. The summed E-state index contributed by atoms with van der Waals surface area (Å²) in [4.78, 5) is 0. The van der Waals surface area contributed by atoms with Gasteiger partial charge in [-0.2, -0.15) is 0 Å². The fraction of sp³-hybridized carbons (Fsp3) is 0.0732. The van der Waals surface area contributed by atoms with E-state index < -0.39 is 0 Å². The predicted molar refractivity (Wildman–Crippen MR) is 176 cm³/mol. The normalized spacial score (nSPS) is 14.5. The van der Waals surface area contributed by atoms with E-state index in [0.717, 1.165) is 6.42 Å². The van der Waals surface area contributed by atoms with E-state index in [1.165, 1.54) is 76.8 Å². The third-order valence-corrected chi connectivity index (χ3v) is 8.91. The Labute approximate surface area is 241 Å². The van der Waals surface area contributed by atoms with Gasteiger partial charge in [-0.05, 0) is 89.8 Å². The summed E-state index contributed by atoms with van der Waals surface area (Å²) >= 11 is 0. The number of fused-ring (bicyclic) bond motifs is 4. The Morgan fingerprint density at radius 3 is 1.66 bits per heavy atom. The van der Waals surface area contributed by atoms with Crippen LogP contribution in [0, 0.1) is 0 Å². The highest BCUT2D eigenvalue weighted by atomic mass is 14.3. The maximum Gasteiger partial charge on any atom is 0.0308 e. The lowest BCUT2D eigenvalue weighted by atomic mass is 9.84. The third-order valence-electron chi connectivity index (χ3n) is 8.91. The van der Waals surface area contributed by atoms with Crippen molar-refractivity contribution in [2.24, 2.45) is 0 Å². The lowest BCUT2D eigenvalue weighted by molar-refractivity contribution is 0.908. The molecular weight excluding hydrogens is 492 g/mol. The fourth-order valence-corrected chi connectivity index (χ4v) is 7.04. The van der Waals surface area contributed by atoms with Gasteiger partial charge in [-0.15, -0.1) is 0 Å². The van der Waals surface area contributed by atoms with Crippen LogP contribution in [0.15, 0.2) is 145 Å². The van der Waals surface area contributed by atoms with Gasteiger partial charge in [0, 0.05) is 5.92 Å².